The van der Waals surface area contributed by atoms with Crippen LogP contribution in [-0.4, -0.2) is 138 Å². The molecule has 6 rings (SSSR count). The molecule has 0 saturated carbocycles. The molecule has 0 radical (unpaired) electrons. The van der Waals surface area contributed by atoms with E-state index in [1.165, 1.54) is 11.1 Å². The molecule has 6 atom stereocenters. The number of amides is 6. The number of likely N-dealkylation sites (tertiary alicyclic amines) is 2. The van der Waals surface area contributed by atoms with Crippen molar-refractivity contribution in [1.82, 2.24) is 41.3 Å². The largest absolute Gasteiger partial charge is 0.444 e. The number of nitrogens with one attached hydrogen (secondary N) is 5. The van der Waals surface area contributed by atoms with Crippen LogP contribution in [0.5, 0.6) is 0 Å². The van der Waals surface area contributed by atoms with E-state index in [1.54, 1.807) is 41.7 Å². The molecule has 77 heavy (non-hydrogen) atoms. The smallest absolute Gasteiger partial charge is 0.408 e. The third-order valence-corrected chi connectivity index (χ3v) is 14.2. The number of ether oxygens (including phenoxy) is 1. The Bertz CT molecular complexity index is 2420. The van der Waals surface area contributed by atoms with Crippen molar-refractivity contribution in [3.63, 3.8) is 0 Å². The highest BCUT2D eigenvalue weighted by molar-refractivity contribution is 5.92. The molecular weight excluding hydrogens is 969 g/mol. The number of hydrogen-bond acceptors (Lipinski definition) is 9. The van der Waals surface area contributed by atoms with Crippen LogP contribution in [0.2, 0.25) is 0 Å². The summed E-state index contributed by atoms with van der Waals surface area (Å²) < 4.78 is 5.27. The van der Waals surface area contributed by atoms with Crippen LogP contribution in [-0.2, 0) is 54.4 Å². The summed E-state index contributed by atoms with van der Waals surface area (Å²) in [5.41, 5.74) is 4.03. The first-order valence-corrected chi connectivity index (χ1v) is 28.0. The van der Waals surface area contributed by atoms with Gasteiger partial charge in [0, 0.05) is 50.7 Å². The standard InChI is InChI=1S/C31H44N4O4.C31H44N4O3/c1-23(33-30(38)39-31(2,3)4)28(36)34-27(18-17-24-12-7-5-8-13-24)29(37)35-21-11-16-26(35)22-32-20-19-25-14-9-6-10-15-25;1-23(2)30(37)34(21-19-26-14-9-6-10-15-26)22-27-16-11-20-35(27)31(38)28(33-29(36)24(3)32-4)18-17-25-12-7-5-8-13-25/h5-10,12-15,23,26-27,32H,11,16-22H2,1-4H3,(H,33,38)(H,34,36);5-10,12-15,23-24,27-28,32H,11,16-22H2,1-4H3,(H,33,36)/t23-,26-,27-;24-,27-,28-/m00/s1. The van der Waals surface area contributed by atoms with E-state index in [9.17, 15) is 28.8 Å². The Kier molecular flexibility index (Phi) is 25.1. The summed E-state index contributed by atoms with van der Waals surface area (Å²) in [5, 5.41) is 15.0. The molecule has 4 aromatic rings. The fraction of sp³-hybridized carbons (Fsp3) is 0.516. The fourth-order valence-electron chi connectivity index (χ4n) is 9.72. The van der Waals surface area contributed by atoms with Crippen LogP contribution in [0.15, 0.2) is 121 Å². The summed E-state index contributed by atoms with van der Waals surface area (Å²) in [6.07, 6.45) is 6.99. The van der Waals surface area contributed by atoms with Crippen LogP contribution >= 0.6 is 0 Å². The van der Waals surface area contributed by atoms with E-state index in [4.69, 9.17) is 4.74 Å². The summed E-state index contributed by atoms with van der Waals surface area (Å²) in [6.45, 7) is 16.5. The Morgan fingerprint density at radius 3 is 1.47 bits per heavy atom. The predicted molar refractivity (Wildman–Crippen MR) is 305 cm³/mol. The van der Waals surface area contributed by atoms with Crippen molar-refractivity contribution in [3.8, 4) is 0 Å². The minimum absolute atomic E-state index is 0.0555. The van der Waals surface area contributed by atoms with E-state index in [2.05, 4.69) is 50.8 Å². The topological polar surface area (TPSA) is 182 Å². The monoisotopic (exact) mass is 1060 g/mol. The van der Waals surface area contributed by atoms with Gasteiger partial charge in [0.15, 0.2) is 0 Å². The second-order valence-corrected chi connectivity index (χ2v) is 21.8. The Morgan fingerprint density at radius 2 is 1.01 bits per heavy atom. The van der Waals surface area contributed by atoms with E-state index in [-0.39, 0.29) is 41.6 Å². The van der Waals surface area contributed by atoms with Gasteiger partial charge < -0.3 is 46.0 Å². The van der Waals surface area contributed by atoms with Crippen LogP contribution in [0, 0.1) is 5.92 Å². The van der Waals surface area contributed by atoms with Crippen molar-refractivity contribution >= 4 is 35.6 Å². The molecule has 418 valence electrons. The Morgan fingerprint density at radius 1 is 0.584 bits per heavy atom. The van der Waals surface area contributed by atoms with Crippen LogP contribution in [0.1, 0.15) is 109 Å². The number of alkyl carbamates (subject to hydrolysis) is 1. The number of benzene rings is 4. The van der Waals surface area contributed by atoms with Gasteiger partial charge in [-0.3, -0.25) is 24.0 Å². The average molecular weight is 1060 g/mol. The number of nitrogens with zero attached hydrogens (tertiary/aromatic N) is 3. The highest BCUT2D eigenvalue weighted by Gasteiger charge is 2.37. The van der Waals surface area contributed by atoms with Crippen molar-refractivity contribution in [2.24, 2.45) is 5.92 Å². The van der Waals surface area contributed by atoms with Crippen molar-refractivity contribution in [1.29, 1.82) is 0 Å². The number of carbonyl (C=O) groups excluding carboxylic acids is 6. The highest BCUT2D eigenvalue weighted by atomic mass is 16.6. The molecule has 5 N–H and O–H groups in total. The van der Waals surface area contributed by atoms with Gasteiger partial charge in [0.25, 0.3) is 0 Å². The van der Waals surface area contributed by atoms with Crippen molar-refractivity contribution < 1.29 is 33.5 Å². The lowest BCUT2D eigenvalue weighted by Crippen LogP contribution is -2.55. The summed E-state index contributed by atoms with van der Waals surface area (Å²) in [4.78, 5) is 84.5. The van der Waals surface area contributed by atoms with E-state index in [0.29, 0.717) is 58.4 Å². The minimum atomic E-state index is -0.846. The van der Waals surface area contributed by atoms with Crippen LogP contribution in [0.3, 0.4) is 0 Å². The van der Waals surface area contributed by atoms with Gasteiger partial charge in [0.2, 0.25) is 29.5 Å². The summed E-state index contributed by atoms with van der Waals surface area (Å²) >= 11 is 0. The molecule has 6 amide bonds. The third-order valence-electron chi connectivity index (χ3n) is 14.2. The maximum atomic E-state index is 13.9. The first kappa shape index (κ1) is 61.3. The number of likely N-dealkylation sites (N-methyl/N-ethyl adjacent to an activating group) is 1. The molecule has 2 fully saturated rings. The maximum absolute atomic E-state index is 13.9. The van der Waals surface area contributed by atoms with E-state index >= 15 is 0 Å². The van der Waals surface area contributed by atoms with Crippen LogP contribution in [0.25, 0.3) is 0 Å². The van der Waals surface area contributed by atoms with Gasteiger partial charge in [0.05, 0.1) is 6.04 Å². The van der Waals surface area contributed by atoms with Crippen LogP contribution < -0.4 is 26.6 Å². The molecule has 2 aliphatic heterocycles. The maximum Gasteiger partial charge on any atom is 0.408 e. The van der Waals surface area contributed by atoms with Gasteiger partial charge >= 0.3 is 6.09 Å². The lowest BCUT2D eigenvalue weighted by molar-refractivity contribution is -0.140. The number of hydrogen-bond donors (Lipinski definition) is 5. The molecule has 0 spiro atoms. The molecule has 0 aliphatic carbocycles. The molecule has 0 unspecified atom stereocenters. The van der Waals surface area contributed by atoms with Crippen molar-refractivity contribution in [2.45, 2.75) is 155 Å². The van der Waals surface area contributed by atoms with Crippen LogP contribution in [0.4, 0.5) is 4.79 Å². The molecule has 0 bridgehead atoms. The quantitative estimate of drug-likeness (QED) is 0.0427. The van der Waals surface area contributed by atoms with Gasteiger partial charge in [-0.1, -0.05) is 135 Å². The molecule has 4 aromatic carbocycles. The molecule has 15 heteroatoms. The predicted octanol–water partition coefficient (Wildman–Crippen LogP) is 7.27. The van der Waals surface area contributed by atoms with E-state index in [1.807, 2.05) is 126 Å². The fourth-order valence-corrected chi connectivity index (χ4v) is 9.72. The third kappa shape index (κ3) is 21.1. The summed E-state index contributed by atoms with van der Waals surface area (Å²) in [7, 11) is 1.73. The molecule has 2 heterocycles. The Labute approximate surface area is 459 Å². The number of rotatable bonds is 25. The van der Waals surface area contributed by atoms with Gasteiger partial charge in [-0.15, -0.1) is 0 Å². The number of carbonyl (C=O) groups is 6. The average Bonchev–Trinajstić information content (AvgIpc) is 4.11. The zero-order chi connectivity index (χ0) is 55.7. The molecule has 15 nitrogen and oxygen atoms in total. The van der Waals surface area contributed by atoms with Gasteiger partial charge in [0.1, 0.15) is 23.7 Å². The second kappa shape index (κ2) is 31.6. The highest BCUT2D eigenvalue weighted by Crippen LogP contribution is 2.23. The molecular formula is C62H88N8O7. The van der Waals surface area contributed by atoms with Crippen molar-refractivity contribution in [2.75, 3.05) is 46.3 Å². The lowest BCUT2D eigenvalue weighted by Gasteiger charge is -2.34. The zero-order valence-electron chi connectivity index (χ0n) is 47.1. The summed E-state index contributed by atoms with van der Waals surface area (Å²) in [5.74, 6) is -0.733. The Balaban J connectivity index is 0.000000284. The lowest BCUT2D eigenvalue weighted by atomic mass is 10.0. The minimum Gasteiger partial charge on any atom is -0.444 e. The number of aryl methyl sites for hydroxylation is 2. The molecule has 2 saturated heterocycles. The van der Waals surface area contributed by atoms with E-state index < -0.39 is 41.8 Å². The normalized spacial score (nSPS) is 16.8. The Hall–Kier alpha value is -6.58. The zero-order valence-corrected chi connectivity index (χ0v) is 47.1. The first-order valence-electron chi connectivity index (χ1n) is 28.0. The summed E-state index contributed by atoms with van der Waals surface area (Å²) in [6, 6.07) is 38.0. The SMILES string of the molecule is CN[C@@H](C)C(=O)N[C@@H](CCc1ccccc1)C(=O)N1CCC[C@H]1CN(CCc1ccccc1)C(=O)C(C)C.C[C@H](NC(=O)OC(C)(C)C)C(=O)N[C@@H](CCc1ccccc1)C(=O)N1CCC[C@H]1CNCCc1ccccc1. The molecule has 0 aromatic heterocycles. The first-order chi connectivity index (χ1) is 36.9. The molecule has 2 aliphatic rings. The van der Waals surface area contributed by atoms with Crippen molar-refractivity contribution in [3.05, 3.63) is 144 Å². The van der Waals surface area contributed by atoms with Gasteiger partial charge in [-0.2, -0.15) is 0 Å². The second-order valence-electron chi connectivity index (χ2n) is 21.8. The van der Waals surface area contributed by atoms with Gasteiger partial charge in [-0.25, -0.2) is 4.79 Å². The van der Waals surface area contributed by atoms with E-state index in [0.717, 1.165) is 56.2 Å². The van der Waals surface area contributed by atoms with Gasteiger partial charge in [-0.05, 0) is 135 Å².